The van der Waals surface area contributed by atoms with Gasteiger partial charge in [-0.15, -0.1) is 0 Å². The zero-order valence-corrected chi connectivity index (χ0v) is 28.0. The summed E-state index contributed by atoms with van der Waals surface area (Å²) in [6, 6.07) is 63.4. The van der Waals surface area contributed by atoms with Crippen LogP contribution >= 0.6 is 0 Å². The number of fused-ring (bicyclic) bond motifs is 13. The van der Waals surface area contributed by atoms with Gasteiger partial charge in [0.25, 0.3) is 0 Å². The summed E-state index contributed by atoms with van der Waals surface area (Å²) in [5.74, 6) is 0. The number of furan rings is 1. The summed E-state index contributed by atoms with van der Waals surface area (Å²) < 4.78 is 13.9. The molecule has 0 fully saturated rings. The van der Waals surface area contributed by atoms with E-state index >= 15 is 0 Å². The molecular formula is C48H29N3O. The number of aromatic nitrogens is 3. The molecule has 242 valence electrons. The van der Waals surface area contributed by atoms with E-state index in [2.05, 4.69) is 184 Å². The van der Waals surface area contributed by atoms with Gasteiger partial charge in [0.15, 0.2) is 0 Å². The second-order valence-electron chi connectivity index (χ2n) is 13.7. The Hall–Kier alpha value is -7.04. The molecule has 0 N–H and O–H groups in total. The molecule has 0 spiro atoms. The minimum absolute atomic E-state index is 0.913. The van der Waals surface area contributed by atoms with Gasteiger partial charge in [-0.25, -0.2) is 0 Å². The standard InChI is InChI=1S/C48H29N3O/c1-2-13-30(14-3-1)49-38-19-8-4-15-32(38)37-29-31(25-27-41(37)49)50-39-20-9-5-17-35(39)46-42(50)22-12-23-43(46)51-40-21-10-6-18-36(40)47-44(51)28-26-34-33-16-7-11-24-45(33)52-48(34)47/h1-29H. The molecule has 12 rings (SSSR count). The summed E-state index contributed by atoms with van der Waals surface area (Å²) in [4.78, 5) is 0. The molecule has 0 saturated heterocycles. The van der Waals surface area contributed by atoms with E-state index in [-0.39, 0.29) is 0 Å². The monoisotopic (exact) mass is 663 g/mol. The molecule has 0 bridgehead atoms. The summed E-state index contributed by atoms with van der Waals surface area (Å²) in [6.07, 6.45) is 0. The van der Waals surface area contributed by atoms with Crippen LogP contribution in [0.5, 0.6) is 0 Å². The largest absolute Gasteiger partial charge is 0.455 e. The van der Waals surface area contributed by atoms with E-state index in [1.54, 1.807) is 0 Å². The van der Waals surface area contributed by atoms with Crippen LogP contribution in [0.1, 0.15) is 0 Å². The second kappa shape index (κ2) is 10.3. The average Bonchev–Trinajstić information content (AvgIpc) is 3.94. The number of rotatable bonds is 3. The van der Waals surface area contributed by atoms with Gasteiger partial charge < -0.3 is 18.1 Å². The normalized spacial score (nSPS) is 12.2. The van der Waals surface area contributed by atoms with Crippen molar-refractivity contribution in [2.45, 2.75) is 0 Å². The summed E-state index contributed by atoms with van der Waals surface area (Å²) in [6.45, 7) is 0. The molecule has 4 nitrogen and oxygen atoms in total. The Morgan fingerprint density at radius 2 is 0.865 bits per heavy atom. The van der Waals surface area contributed by atoms with E-state index in [1.165, 1.54) is 49.0 Å². The van der Waals surface area contributed by atoms with Crippen LogP contribution in [0, 0.1) is 0 Å². The molecule has 0 aliphatic rings. The fourth-order valence-electron chi connectivity index (χ4n) is 8.91. The zero-order valence-electron chi connectivity index (χ0n) is 28.0. The summed E-state index contributed by atoms with van der Waals surface area (Å²) in [5, 5.41) is 9.53. The van der Waals surface area contributed by atoms with Gasteiger partial charge in [0, 0.05) is 49.1 Å². The van der Waals surface area contributed by atoms with Gasteiger partial charge in [-0.1, -0.05) is 97.1 Å². The predicted molar refractivity (Wildman–Crippen MR) is 217 cm³/mol. The molecule has 4 aromatic heterocycles. The summed E-state index contributed by atoms with van der Waals surface area (Å²) in [5.41, 5.74) is 12.3. The van der Waals surface area contributed by atoms with Crippen molar-refractivity contribution < 1.29 is 4.42 Å². The Morgan fingerprint density at radius 1 is 0.308 bits per heavy atom. The minimum atomic E-state index is 0.913. The molecule has 0 amide bonds. The maximum Gasteiger partial charge on any atom is 0.145 e. The van der Waals surface area contributed by atoms with Crippen LogP contribution in [-0.2, 0) is 0 Å². The minimum Gasteiger partial charge on any atom is -0.455 e. The third-order valence-corrected chi connectivity index (χ3v) is 11.0. The predicted octanol–water partition coefficient (Wildman–Crippen LogP) is 12.9. The van der Waals surface area contributed by atoms with Gasteiger partial charge in [0.05, 0.1) is 44.2 Å². The quantitative estimate of drug-likeness (QED) is 0.185. The first-order chi connectivity index (χ1) is 25.8. The summed E-state index contributed by atoms with van der Waals surface area (Å²) in [7, 11) is 0. The molecular weight excluding hydrogens is 635 g/mol. The highest BCUT2D eigenvalue weighted by atomic mass is 16.3. The molecule has 4 heterocycles. The van der Waals surface area contributed by atoms with Crippen LogP contribution in [0.4, 0.5) is 0 Å². The van der Waals surface area contributed by atoms with Crippen molar-refractivity contribution >= 4 is 87.4 Å². The Kier molecular flexibility index (Phi) is 5.47. The Labute approximate surface area is 297 Å². The first kappa shape index (κ1) is 27.7. The lowest BCUT2D eigenvalue weighted by atomic mass is 10.1. The van der Waals surface area contributed by atoms with Crippen LogP contribution in [0.3, 0.4) is 0 Å². The molecule has 8 aromatic carbocycles. The highest BCUT2D eigenvalue weighted by Crippen LogP contribution is 2.44. The maximum absolute atomic E-state index is 6.62. The van der Waals surface area contributed by atoms with Crippen LogP contribution in [-0.4, -0.2) is 13.7 Å². The Balaban J connectivity index is 1.17. The number of hydrogen-bond donors (Lipinski definition) is 0. The van der Waals surface area contributed by atoms with E-state index in [0.29, 0.717) is 0 Å². The smallest absolute Gasteiger partial charge is 0.145 e. The Bertz CT molecular complexity index is 3410. The fraction of sp³-hybridized carbons (Fsp3) is 0. The van der Waals surface area contributed by atoms with Gasteiger partial charge in [-0.05, 0) is 78.9 Å². The van der Waals surface area contributed by atoms with Crippen molar-refractivity contribution in [2.75, 3.05) is 0 Å². The molecule has 0 aliphatic carbocycles. The van der Waals surface area contributed by atoms with E-state index in [0.717, 1.165) is 55.4 Å². The van der Waals surface area contributed by atoms with Gasteiger partial charge >= 0.3 is 0 Å². The zero-order chi connectivity index (χ0) is 33.9. The van der Waals surface area contributed by atoms with Crippen molar-refractivity contribution in [3.63, 3.8) is 0 Å². The number of para-hydroxylation sites is 5. The molecule has 0 atom stereocenters. The fourth-order valence-corrected chi connectivity index (χ4v) is 8.91. The maximum atomic E-state index is 6.62. The third-order valence-electron chi connectivity index (χ3n) is 11.0. The average molecular weight is 664 g/mol. The van der Waals surface area contributed by atoms with Crippen LogP contribution < -0.4 is 0 Å². The van der Waals surface area contributed by atoms with Gasteiger partial charge in [0.1, 0.15) is 11.2 Å². The lowest BCUT2D eigenvalue weighted by Crippen LogP contribution is -1.97. The number of nitrogens with zero attached hydrogens (tertiary/aromatic N) is 3. The van der Waals surface area contributed by atoms with Crippen LogP contribution in [0.2, 0.25) is 0 Å². The molecule has 0 radical (unpaired) electrons. The SMILES string of the molecule is c1ccc(-n2c3ccccc3c3cc(-n4c5ccccc5c5c(-n6c7ccccc7c7c8oc9ccccc9c8ccc76)cccc54)ccc32)cc1. The molecule has 0 unspecified atom stereocenters. The molecule has 0 saturated carbocycles. The van der Waals surface area contributed by atoms with Crippen LogP contribution in [0.15, 0.2) is 180 Å². The van der Waals surface area contributed by atoms with Crippen LogP contribution in [0.25, 0.3) is 104 Å². The molecule has 52 heavy (non-hydrogen) atoms. The number of hydrogen-bond acceptors (Lipinski definition) is 1. The first-order valence-electron chi connectivity index (χ1n) is 17.8. The summed E-state index contributed by atoms with van der Waals surface area (Å²) >= 11 is 0. The van der Waals surface area contributed by atoms with Gasteiger partial charge in [-0.3, -0.25) is 0 Å². The second-order valence-corrected chi connectivity index (χ2v) is 13.7. The van der Waals surface area contributed by atoms with E-state index < -0.39 is 0 Å². The lowest BCUT2D eigenvalue weighted by molar-refractivity contribution is 0.673. The molecule has 4 heteroatoms. The van der Waals surface area contributed by atoms with Crippen molar-refractivity contribution in [3.8, 4) is 17.1 Å². The van der Waals surface area contributed by atoms with Crippen molar-refractivity contribution in [3.05, 3.63) is 176 Å². The highest BCUT2D eigenvalue weighted by molar-refractivity contribution is 6.25. The van der Waals surface area contributed by atoms with Gasteiger partial charge in [0.2, 0.25) is 0 Å². The highest BCUT2D eigenvalue weighted by Gasteiger charge is 2.22. The topological polar surface area (TPSA) is 27.9 Å². The van der Waals surface area contributed by atoms with E-state index in [9.17, 15) is 0 Å². The lowest BCUT2D eigenvalue weighted by Gasteiger charge is -2.12. The first-order valence-corrected chi connectivity index (χ1v) is 17.8. The third kappa shape index (κ3) is 3.60. The molecule has 0 aliphatic heterocycles. The Morgan fingerprint density at radius 3 is 1.67 bits per heavy atom. The van der Waals surface area contributed by atoms with E-state index in [1.807, 2.05) is 6.07 Å². The molecule has 12 aromatic rings. The van der Waals surface area contributed by atoms with Crippen molar-refractivity contribution in [1.29, 1.82) is 0 Å². The van der Waals surface area contributed by atoms with Crippen molar-refractivity contribution in [1.82, 2.24) is 13.7 Å². The van der Waals surface area contributed by atoms with E-state index in [4.69, 9.17) is 4.42 Å². The van der Waals surface area contributed by atoms with Gasteiger partial charge in [-0.2, -0.15) is 0 Å². The van der Waals surface area contributed by atoms with Crippen molar-refractivity contribution in [2.24, 2.45) is 0 Å². The number of benzene rings is 8.